The van der Waals surface area contributed by atoms with Gasteiger partial charge in [-0.1, -0.05) is 6.42 Å². The lowest BCUT2D eigenvalue weighted by Crippen LogP contribution is -2.38. The van der Waals surface area contributed by atoms with Crippen LogP contribution in [0.15, 0.2) is 0 Å². The van der Waals surface area contributed by atoms with Gasteiger partial charge in [0.1, 0.15) is 0 Å². The molecule has 0 spiro atoms. The molecule has 3 N–H and O–H groups in total. The summed E-state index contributed by atoms with van der Waals surface area (Å²) < 4.78 is 0. The second-order valence-corrected chi connectivity index (χ2v) is 2.04. The third-order valence-electron chi connectivity index (χ3n) is 1.51. The Bertz CT molecular complexity index is 54.4. The van der Waals surface area contributed by atoms with Crippen molar-refractivity contribution < 1.29 is 0 Å². The highest BCUT2D eigenvalue weighted by molar-refractivity contribution is 5.85. The number of halogens is 1. The highest BCUT2D eigenvalue weighted by atomic mass is 35.5. The van der Waals surface area contributed by atoms with Crippen molar-refractivity contribution in [3.8, 4) is 0 Å². The smallest absolute Gasteiger partial charge is 0.0430 e. The van der Waals surface area contributed by atoms with Gasteiger partial charge in [-0.25, -0.2) is 0 Å². The Morgan fingerprint density at radius 3 is 2.25 bits per heavy atom. The van der Waals surface area contributed by atoms with Gasteiger partial charge in [-0.05, 0) is 12.8 Å². The lowest BCUT2D eigenvalue weighted by Gasteiger charge is -2.25. The van der Waals surface area contributed by atoms with E-state index in [1.165, 1.54) is 19.3 Å². The molecular weight excluding hydrogens is 124 g/mol. The first-order valence-electron chi connectivity index (χ1n) is 2.87. The normalized spacial score (nSPS) is 19.1. The molecule has 0 aromatic rings. The molecule has 1 rings (SSSR count). The van der Waals surface area contributed by atoms with E-state index >= 15 is 0 Å². The van der Waals surface area contributed by atoms with Crippen LogP contribution in [0.2, 0.25) is 0 Å². The van der Waals surface area contributed by atoms with E-state index < -0.39 is 0 Å². The first-order chi connectivity index (χ1) is 3.43. The highest BCUT2D eigenvalue weighted by Gasteiger charge is 2.14. The summed E-state index contributed by atoms with van der Waals surface area (Å²) in [5.74, 6) is 0. The second kappa shape index (κ2) is 4.13. The number of nitrogens with one attached hydrogen (secondary N) is 1. The number of hydrogen-bond acceptors (Lipinski definition) is 2. The zero-order valence-electron chi connectivity index (χ0n) is 4.89. The maximum Gasteiger partial charge on any atom is 0.0430 e. The van der Waals surface area contributed by atoms with Gasteiger partial charge in [0.25, 0.3) is 0 Å². The Morgan fingerprint density at radius 2 is 2.12 bits per heavy atom. The topological polar surface area (TPSA) is 38.0 Å². The molecule has 3 heteroatoms. The van der Waals surface area contributed by atoms with Crippen LogP contribution < -0.4 is 11.1 Å². The zero-order valence-corrected chi connectivity index (χ0v) is 5.71. The summed E-state index contributed by atoms with van der Waals surface area (Å²) in [6.07, 6.45) is 4.05. The molecule has 1 fully saturated rings. The minimum atomic E-state index is 0. The molecule has 1 saturated carbocycles. The average Bonchev–Trinajstić information content (AvgIpc) is 1.55. The Hall–Kier alpha value is 0.210. The fraction of sp³-hybridized carbons (Fsp3) is 1.00. The molecule has 0 aliphatic heterocycles. The molecule has 0 heterocycles. The summed E-state index contributed by atoms with van der Waals surface area (Å²) >= 11 is 0. The van der Waals surface area contributed by atoms with Crippen molar-refractivity contribution in [1.29, 1.82) is 0 Å². The molecule has 1 aliphatic carbocycles. The predicted octanol–water partition coefficient (Wildman–Crippen LogP) is 0.466. The molecule has 0 aromatic carbocycles. The molecule has 0 bridgehead atoms. The van der Waals surface area contributed by atoms with E-state index in [1.54, 1.807) is 0 Å². The van der Waals surface area contributed by atoms with E-state index in [4.69, 9.17) is 5.73 Å². The molecule has 50 valence electrons. The SMILES string of the molecule is Cl.NCNC1CCC1. The van der Waals surface area contributed by atoms with Crippen LogP contribution in [0.4, 0.5) is 0 Å². The minimum absolute atomic E-state index is 0. The largest absolute Gasteiger partial charge is 0.318 e. The fourth-order valence-electron chi connectivity index (χ4n) is 0.779. The summed E-state index contributed by atoms with van der Waals surface area (Å²) in [5.41, 5.74) is 5.23. The Kier molecular flexibility index (Phi) is 4.23. The van der Waals surface area contributed by atoms with Gasteiger partial charge in [-0.15, -0.1) is 12.4 Å². The van der Waals surface area contributed by atoms with Crippen LogP contribution in [0, 0.1) is 0 Å². The number of hydrogen-bond donors (Lipinski definition) is 2. The van der Waals surface area contributed by atoms with E-state index in [1.807, 2.05) is 0 Å². The molecule has 0 unspecified atom stereocenters. The van der Waals surface area contributed by atoms with Crippen LogP contribution in [-0.2, 0) is 0 Å². The lowest BCUT2D eigenvalue weighted by atomic mass is 9.93. The molecule has 0 aromatic heterocycles. The van der Waals surface area contributed by atoms with E-state index in [0.717, 1.165) is 6.04 Å². The summed E-state index contributed by atoms with van der Waals surface area (Å²) in [7, 11) is 0. The van der Waals surface area contributed by atoms with Crippen LogP contribution >= 0.6 is 12.4 Å². The molecule has 0 radical (unpaired) electrons. The van der Waals surface area contributed by atoms with Crippen molar-refractivity contribution in [2.24, 2.45) is 5.73 Å². The third kappa shape index (κ3) is 1.99. The van der Waals surface area contributed by atoms with Gasteiger partial charge in [0, 0.05) is 12.7 Å². The first kappa shape index (κ1) is 8.21. The highest BCUT2D eigenvalue weighted by Crippen LogP contribution is 2.16. The number of nitrogens with two attached hydrogens (primary N) is 1. The predicted molar refractivity (Wildman–Crippen MR) is 37.1 cm³/mol. The van der Waals surface area contributed by atoms with Crippen LogP contribution in [-0.4, -0.2) is 12.7 Å². The Morgan fingerprint density at radius 1 is 1.50 bits per heavy atom. The van der Waals surface area contributed by atoms with Gasteiger partial charge < -0.3 is 11.1 Å². The fourth-order valence-corrected chi connectivity index (χ4v) is 0.779. The van der Waals surface area contributed by atoms with Crippen molar-refractivity contribution in [2.75, 3.05) is 6.67 Å². The monoisotopic (exact) mass is 136 g/mol. The van der Waals surface area contributed by atoms with Crippen LogP contribution in [0.1, 0.15) is 19.3 Å². The molecule has 2 nitrogen and oxygen atoms in total. The maximum atomic E-state index is 5.23. The van der Waals surface area contributed by atoms with E-state index in [-0.39, 0.29) is 12.4 Å². The molecule has 0 amide bonds. The van der Waals surface area contributed by atoms with E-state index in [0.29, 0.717) is 6.67 Å². The Labute approximate surface area is 56.2 Å². The molecule has 1 aliphatic rings. The zero-order chi connectivity index (χ0) is 5.11. The van der Waals surface area contributed by atoms with Gasteiger partial charge in [-0.2, -0.15) is 0 Å². The van der Waals surface area contributed by atoms with Gasteiger partial charge in [0.05, 0.1) is 0 Å². The van der Waals surface area contributed by atoms with Crippen molar-refractivity contribution in [3.05, 3.63) is 0 Å². The third-order valence-corrected chi connectivity index (χ3v) is 1.51. The molecule has 0 saturated heterocycles. The first-order valence-corrected chi connectivity index (χ1v) is 2.87. The van der Waals surface area contributed by atoms with E-state index in [9.17, 15) is 0 Å². The lowest BCUT2D eigenvalue weighted by molar-refractivity contribution is 0.344. The van der Waals surface area contributed by atoms with Gasteiger partial charge in [-0.3, -0.25) is 0 Å². The summed E-state index contributed by atoms with van der Waals surface area (Å²) in [6.45, 7) is 0.644. The van der Waals surface area contributed by atoms with E-state index in [2.05, 4.69) is 5.32 Å². The molecule has 8 heavy (non-hydrogen) atoms. The van der Waals surface area contributed by atoms with Crippen LogP contribution in [0.3, 0.4) is 0 Å². The summed E-state index contributed by atoms with van der Waals surface area (Å²) in [6, 6.07) is 0.755. The van der Waals surface area contributed by atoms with Crippen molar-refractivity contribution in [3.63, 3.8) is 0 Å². The van der Waals surface area contributed by atoms with Gasteiger partial charge in [0.2, 0.25) is 0 Å². The second-order valence-electron chi connectivity index (χ2n) is 2.04. The van der Waals surface area contributed by atoms with Crippen molar-refractivity contribution in [2.45, 2.75) is 25.3 Å². The standard InChI is InChI=1S/C5H12N2.ClH/c6-4-7-5-2-1-3-5;/h5,7H,1-4,6H2;1H. The Balaban J connectivity index is 0.000000490. The van der Waals surface area contributed by atoms with Gasteiger partial charge in [0.15, 0.2) is 0 Å². The maximum absolute atomic E-state index is 5.23. The van der Waals surface area contributed by atoms with Crippen LogP contribution in [0.25, 0.3) is 0 Å². The summed E-state index contributed by atoms with van der Waals surface area (Å²) in [4.78, 5) is 0. The van der Waals surface area contributed by atoms with Crippen LogP contribution in [0.5, 0.6) is 0 Å². The molecular formula is C5H13ClN2. The summed E-state index contributed by atoms with van der Waals surface area (Å²) in [5, 5.41) is 3.16. The number of rotatable bonds is 2. The quantitative estimate of drug-likeness (QED) is 0.542. The van der Waals surface area contributed by atoms with Crippen molar-refractivity contribution >= 4 is 12.4 Å². The van der Waals surface area contributed by atoms with Gasteiger partial charge >= 0.3 is 0 Å². The molecule has 0 atom stereocenters. The average molecular weight is 137 g/mol. The minimum Gasteiger partial charge on any atom is -0.318 e. The van der Waals surface area contributed by atoms with Crippen molar-refractivity contribution in [1.82, 2.24) is 5.32 Å².